The molecule has 0 aliphatic heterocycles. The van der Waals surface area contributed by atoms with Crippen LogP contribution < -0.4 is 31.7 Å². The number of aliphatic carboxylic acids is 2. The van der Waals surface area contributed by atoms with Crippen LogP contribution in [0.3, 0.4) is 0 Å². The Balaban J connectivity index is 0.000000204. The van der Waals surface area contributed by atoms with Crippen LogP contribution in [0.4, 0.5) is 0 Å². The standard InChI is InChI=1S/6C6H5.2C2H4O2.2Sn/c6*1-2-4-6-5-3-1;2*1-2(3)4;;/h6*1-5H;2*1H3,(H,3,4);;/q;;;;;;;;2*+1/p-2. The molecule has 0 radical (unpaired) electrons. The number of carboxylic acid groups (broad SMARTS) is 2. The fraction of sp³-hybridized carbons (Fsp3) is 0.0500. The van der Waals surface area contributed by atoms with Crippen molar-refractivity contribution < 1.29 is 19.8 Å². The number of hydrogen-bond acceptors (Lipinski definition) is 4. The van der Waals surface area contributed by atoms with Gasteiger partial charge in [0, 0.05) is 11.9 Å². The van der Waals surface area contributed by atoms with Crippen molar-refractivity contribution in [1.82, 2.24) is 0 Å². The van der Waals surface area contributed by atoms with Gasteiger partial charge in [-0.25, -0.2) is 0 Å². The van der Waals surface area contributed by atoms with E-state index in [1.165, 1.54) is 21.5 Å². The molecule has 6 aromatic carbocycles. The topological polar surface area (TPSA) is 80.3 Å². The molecule has 46 heavy (non-hydrogen) atoms. The Labute approximate surface area is 286 Å². The maximum absolute atomic E-state index is 8.89. The van der Waals surface area contributed by atoms with E-state index < -0.39 is 51.5 Å². The third-order valence-electron chi connectivity index (χ3n) is 6.37. The number of hydrogen-bond donors (Lipinski definition) is 0. The summed E-state index contributed by atoms with van der Waals surface area (Å²) in [6.45, 7) is 1.94. The van der Waals surface area contributed by atoms with Crippen molar-refractivity contribution in [1.29, 1.82) is 0 Å². The third kappa shape index (κ3) is 13.1. The van der Waals surface area contributed by atoms with Crippen molar-refractivity contribution in [2.75, 3.05) is 0 Å². The van der Waals surface area contributed by atoms with Gasteiger partial charge in [-0.2, -0.15) is 0 Å². The molecule has 0 aromatic heterocycles. The molecule has 0 saturated carbocycles. The van der Waals surface area contributed by atoms with Gasteiger partial charge in [-0.05, 0) is 13.8 Å². The first-order valence-electron chi connectivity index (χ1n) is 14.8. The molecule has 0 unspecified atom stereocenters. The molecule has 0 bridgehead atoms. The zero-order valence-corrected chi connectivity index (χ0v) is 31.7. The van der Waals surface area contributed by atoms with Crippen LogP contribution >= 0.6 is 0 Å². The fourth-order valence-corrected chi connectivity index (χ4v) is 19.3. The molecule has 6 aromatic rings. The van der Waals surface area contributed by atoms with Gasteiger partial charge >= 0.3 is 243 Å². The second kappa shape index (κ2) is 20.8. The van der Waals surface area contributed by atoms with Gasteiger partial charge in [-0.1, -0.05) is 0 Å². The summed E-state index contributed by atoms with van der Waals surface area (Å²) < 4.78 is 9.18. The number of carbonyl (C=O) groups is 2. The van der Waals surface area contributed by atoms with E-state index in [1.54, 1.807) is 0 Å². The predicted molar refractivity (Wildman–Crippen MR) is 189 cm³/mol. The van der Waals surface area contributed by atoms with Gasteiger partial charge < -0.3 is 19.8 Å². The van der Waals surface area contributed by atoms with Gasteiger partial charge in [0.1, 0.15) is 0 Å². The first-order chi connectivity index (χ1) is 22.4. The van der Waals surface area contributed by atoms with Gasteiger partial charge in [0.2, 0.25) is 0 Å². The van der Waals surface area contributed by atoms with Crippen LogP contribution in [0.2, 0.25) is 0 Å². The molecule has 0 N–H and O–H groups in total. The summed E-state index contributed by atoms with van der Waals surface area (Å²) in [7, 11) is 0. The molecule has 0 saturated heterocycles. The normalized spacial score (nSPS) is 9.43. The van der Waals surface area contributed by atoms with Crippen molar-refractivity contribution in [3.05, 3.63) is 182 Å². The number of carboxylic acids is 2. The molecule has 0 heterocycles. The van der Waals surface area contributed by atoms with Gasteiger partial charge in [0.05, 0.1) is 0 Å². The zero-order valence-electron chi connectivity index (χ0n) is 26.0. The second-order valence-electron chi connectivity index (χ2n) is 9.93. The number of benzene rings is 6. The third-order valence-corrected chi connectivity index (χ3v) is 22.0. The Bertz CT molecular complexity index is 1360. The monoisotopic (exact) mass is 820 g/mol. The van der Waals surface area contributed by atoms with E-state index in [2.05, 4.69) is 182 Å². The molecule has 228 valence electrons. The van der Waals surface area contributed by atoms with Crippen molar-refractivity contribution >= 4 is 72.9 Å². The average molecular weight is 818 g/mol. The van der Waals surface area contributed by atoms with E-state index in [0.29, 0.717) is 0 Å². The first-order valence-corrected chi connectivity index (χ1v) is 23.3. The summed E-state index contributed by atoms with van der Waals surface area (Å²) >= 11 is -3.96. The molecule has 0 amide bonds. The summed E-state index contributed by atoms with van der Waals surface area (Å²) in [5.41, 5.74) is 0. The Hall–Kier alpha value is -4.14. The van der Waals surface area contributed by atoms with Crippen LogP contribution in [-0.4, -0.2) is 51.5 Å². The zero-order chi connectivity index (χ0) is 33.0. The fourth-order valence-electron chi connectivity index (χ4n) is 4.63. The Morgan fingerprint density at radius 1 is 0.326 bits per heavy atom. The molecule has 0 aliphatic rings. The van der Waals surface area contributed by atoms with E-state index in [0.717, 1.165) is 13.8 Å². The van der Waals surface area contributed by atoms with Crippen LogP contribution in [0.5, 0.6) is 0 Å². The Kier molecular flexibility index (Phi) is 16.4. The van der Waals surface area contributed by atoms with Crippen molar-refractivity contribution in [3.8, 4) is 0 Å². The molecule has 6 rings (SSSR count). The molecule has 4 nitrogen and oxygen atoms in total. The molecule has 0 atom stereocenters. The number of rotatable bonds is 6. The van der Waals surface area contributed by atoms with E-state index in [-0.39, 0.29) is 0 Å². The van der Waals surface area contributed by atoms with E-state index in [1.807, 2.05) is 0 Å². The van der Waals surface area contributed by atoms with Crippen molar-refractivity contribution in [2.24, 2.45) is 0 Å². The van der Waals surface area contributed by atoms with Gasteiger partial charge in [-0.3, -0.25) is 0 Å². The van der Waals surface area contributed by atoms with Crippen LogP contribution in [-0.2, 0) is 9.59 Å². The first kappa shape index (κ1) is 36.3. The molecular formula is C40H36O4Sn2. The average Bonchev–Trinajstić information content (AvgIpc) is 3.08. The van der Waals surface area contributed by atoms with Crippen molar-refractivity contribution in [2.45, 2.75) is 13.8 Å². The minimum atomic E-state index is -1.98. The van der Waals surface area contributed by atoms with E-state index in [9.17, 15) is 0 Å². The summed E-state index contributed by atoms with van der Waals surface area (Å²) in [5, 5.41) is 17.8. The van der Waals surface area contributed by atoms with Crippen LogP contribution in [0.15, 0.2) is 182 Å². The summed E-state index contributed by atoms with van der Waals surface area (Å²) in [6, 6.07) is 65.9. The number of carbonyl (C=O) groups excluding carboxylic acids is 2. The Morgan fingerprint density at radius 2 is 0.435 bits per heavy atom. The summed E-state index contributed by atoms with van der Waals surface area (Å²) in [6.07, 6.45) is 0. The van der Waals surface area contributed by atoms with Crippen LogP contribution in [0.1, 0.15) is 13.8 Å². The molecule has 0 fully saturated rings. The van der Waals surface area contributed by atoms with E-state index in [4.69, 9.17) is 19.8 Å². The van der Waals surface area contributed by atoms with E-state index >= 15 is 0 Å². The van der Waals surface area contributed by atoms with Crippen LogP contribution in [0.25, 0.3) is 0 Å². The Morgan fingerprint density at radius 3 is 0.543 bits per heavy atom. The predicted octanol–water partition coefficient (Wildman–Crippen LogP) is 1.92. The molecule has 0 spiro atoms. The maximum atomic E-state index is 8.89. The summed E-state index contributed by atoms with van der Waals surface area (Å²) in [5.74, 6) is -2.17. The van der Waals surface area contributed by atoms with Gasteiger partial charge in [-0.15, -0.1) is 0 Å². The van der Waals surface area contributed by atoms with Gasteiger partial charge in [0.15, 0.2) is 0 Å². The second-order valence-corrected chi connectivity index (χ2v) is 24.1. The van der Waals surface area contributed by atoms with Crippen molar-refractivity contribution in [3.63, 3.8) is 0 Å². The molecule has 0 aliphatic carbocycles. The minimum absolute atomic E-state index is 0.972. The van der Waals surface area contributed by atoms with Crippen LogP contribution in [0, 0.1) is 0 Å². The molecular weight excluding hydrogens is 782 g/mol. The summed E-state index contributed by atoms with van der Waals surface area (Å²) in [4.78, 5) is 17.8. The van der Waals surface area contributed by atoms with Gasteiger partial charge in [0.25, 0.3) is 0 Å². The quantitative estimate of drug-likeness (QED) is 0.241. The molecule has 6 heteroatoms. The SMILES string of the molecule is CC(=O)[O-].CC(=O)[O-].c1cc[c]([Sn+]([c]2ccccc2)[c]2ccccc2)cc1.c1cc[c]([Sn+]([c]2ccccc2)[c]2ccccc2)cc1.